The summed E-state index contributed by atoms with van der Waals surface area (Å²) >= 11 is 0. The maximum atomic E-state index is 14.3. The number of alkyl carbamates (subject to hydrolysis) is 1. The summed E-state index contributed by atoms with van der Waals surface area (Å²) in [6.07, 6.45) is -10.8. The van der Waals surface area contributed by atoms with Gasteiger partial charge in [-0.2, -0.15) is 0 Å². The van der Waals surface area contributed by atoms with Crippen LogP contribution in [-0.2, 0) is 38.1 Å². The van der Waals surface area contributed by atoms with Crippen LogP contribution in [0.25, 0.3) is 0 Å². The van der Waals surface area contributed by atoms with Gasteiger partial charge in [-0.05, 0) is 71.7 Å². The number of nitrogens with one attached hydrogen (secondary N) is 1. The summed E-state index contributed by atoms with van der Waals surface area (Å²) in [5, 5.41) is 50.1. The van der Waals surface area contributed by atoms with E-state index in [1.165, 1.54) is 26.0 Å². The molecule has 2 saturated carbocycles. The number of allylic oxidation sites excluding steroid dienone is 1. The molecular formula is C44H57NO14. The van der Waals surface area contributed by atoms with Crippen LogP contribution in [0.1, 0.15) is 97.1 Å². The van der Waals surface area contributed by atoms with Gasteiger partial charge in [0.05, 0.1) is 35.6 Å². The van der Waals surface area contributed by atoms with Crippen molar-refractivity contribution in [1.29, 1.82) is 0 Å². The standard InChI is InChI=1S/C44H57NO14/c1-23(2)32-24(3)29(56-39(52)34(49)33(27-16-12-10-13-17-27)45-40(53)59-41(6,7)8)21-43(32,54)37(57-38(51)28-18-14-11-15-19-28)35-42(9,36(50)25(4)46)30(48)20-31-44(35,22-55-31)58-26(5)47/h10-19,24-25,29-31,33-35,37,46,48-49,54H,20-22H2,1-9H3,(H,45,53)/t24?,25-,29+,30+,31?,33+,34-,35+,37+,42-,43+,44+/m1/s1. The Morgan fingerprint density at radius 2 is 1.54 bits per heavy atom. The Morgan fingerprint density at radius 3 is 2.05 bits per heavy atom. The molecule has 5 N–H and O–H groups in total. The summed E-state index contributed by atoms with van der Waals surface area (Å²) in [7, 11) is 0. The SMILES string of the molecule is CC(=O)O[C@@]12COC1C[C@H](O)[C@@](C)(C(=O)[C@@H](C)O)[C@@H]2[C@H](OC(=O)c1ccccc1)[C@]1(O)C[C@H](OC(=O)[C@H](O)[C@@H](NC(=O)OC(C)(C)C)c2ccccc2)C(C)C1=C(C)C. The Morgan fingerprint density at radius 1 is 0.949 bits per heavy atom. The van der Waals surface area contributed by atoms with Crippen molar-refractivity contribution in [2.45, 2.75) is 135 Å². The van der Waals surface area contributed by atoms with E-state index in [0.29, 0.717) is 11.1 Å². The molecule has 15 heteroatoms. The van der Waals surface area contributed by atoms with Crippen LogP contribution in [0.3, 0.4) is 0 Å². The molecule has 12 atom stereocenters. The number of esters is 3. The number of Topliss-reactive ketones (excluding diaryl/α,β-unsaturated/α-hetero) is 1. The molecule has 1 heterocycles. The molecule has 5 rings (SSSR count). The number of aliphatic hydroxyl groups is 4. The van der Waals surface area contributed by atoms with Gasteiger partial charge in [0.15, 0.2) is 17.5 Å². The van der Waals surface area contributed by atoms with Crippen molar-refractivity contribution in [3.05, 3.63) is 82.9 Å². The summed E-state index contributed by atoms with van der Waals surface area (Å²) in [6, 6.07) is 14.8. The highest BCUT2D eigenvalue weighted by Crippen LogP contribution is 2.60. The van der Waals surface area contributed by atoms with E-state index in [-0.39, 0.29) is 24.2 Å². The number of hydrogen-bond donors (Lipinski definition) is 5. The minimum atomic E-state index is -2.30. The van der Waals surface area contributed by atoms with Gasteiger partial charge >= 0.3 is 24.0 Å². The first-order valence-electron chi connectivity index (χ1n) is 19.8. The van der Waals surface area contributed by atoms with Crippen molar-refractivity contribution < 1.29 is 68.1 Å². The Hall–Kier alpha value is -4.67. The average Bonchev–Trinajstić information content (AvgIpc) is 3.41. The summed E-state index contributed by atoms with van der Waals surface area (Å²) in [5.41, 5.74) is -5.77. The second kappa shape index (κ2) is 17.1. The fraction of sp³-hybridized carbons (Fsp3) is 0.568. The number of hydrogen-bond acceptors (Lipinski definition) is 14. The molecular weight excluding hydrogens is 766 g/mol. The van der Waals surface area contributed by atoms with Crippen molar-refractivity contribution in [2.24, 2.45) is 17.3 Å². The quantitative estimate of drug-likeness (QED) is 0.116. The van der Waals surface area contributed by atoms with E-state index < -0.39 is 113 Å². The molecule has 0 bridgehead atoms. The Kier molecular flexibility index (Phi) is 13.2. The normalized spacial score (nSPS) is 30.9. The van der Waals surface area contributed by atoms with Crippen LogP contribution < -0.4 is 5.32 Å². The molecule has 322 valence electrons. The molecule has 1 amide bonds. The van der Waals surface area contributed by atoms with Crippen LogP contribution in [0.5, 0.6) is 0 Å². The van der Waals surface area contributed by atoms with E-state index in [1.807, 2.05) is 0 Å². The highest BCUT2D eigenvalue weighted by Gasteiger charge is 2.75. The molecule has 1 saturated heterocycles. The van der Waals surface area contributed by atoms with Gasteiger partial charge in [-0.1, -0.05) is 61.0 Å². The third kappa shape index (κ3) is 8.80. The van der Waals surface area contributed by atoms with Crippen molar-refractivity contribution in [2.75, 3.05) is 6.61 Å². The fourth-order valence-electron chi connectivity index (χ4n) is 9.32. The number of ether oxygens (including phenoxy) is 5. The Labute approximate surface area is 344 Å². The zero-order valence-electron chi connectivity index (χ0n) is 35.0. The van der Waals surface area contributed by atoms with Gasteiger partial charge in [0.1, 0.15) is 35.6 Å². The molecule has 0 radical (unpaired) electrons. The molecule has 3 fully saturated rings. The minimum absolute atomic E-state index is 0.0734. The first-order valence-corrected chi connectivity index (χ1v) is 19.8. The maximum absolute atomic E-state index is 14.3. The second-order valence-electron chi connectivity index (χ2n) is 17.4. The molecule has 2 aliphatic carbocycles. The van der Waals surface area contributed by atoms with Gasteiger partial charge in [-0.3, -0.25) is 9.59 Å². The number of amides is 1. The van der Waals surface area contributed by atoms with Crippen molar-refractivity contribution in [3.8, 4) is 0 Å². The minimum Gasteiger partial charge on any atom is -0.460 e. The van der Waals surface area contributed by atoms with Crippen LogP contribution in [-0.4, -0.2) is 110 Å². The third-order valence-corrected chi connectivity index (χ3v) is 11.8. The van der Waals surface area contributed by atoms with Crippen molar-refractivity contribution in [1.82, 2.24) is 5.32 Å². The van der Waals surface area contributed by atoms with Gasteiger partial charge in [0.25, 0.3) is 0 Å². The molecule has 2 aromatic carbocycles. The van der Waals surface area contributed by atoms with E-state index in [4.69, 9.17) is 23.7 Å². The molecule has 59 heavy (non-hydrogen) atoms. The molecule has 2 unspecified atom stereocenters. The van der Waals surface area contributed by atoms with Crippen LogP contribution in [0.2, 0.25) is 0 Å². The number of rotatable bonds is 12. The zero-order chi connectivity index (χ0) is 43.8. The number of carbonyl (C=O) groups is 5. The molecule has 2 aromatic rings. The average molecular weight is 824 g/mol. The number of fused-ring (bicyclic) bond motifs is 1. The second-order valence-corrected chi connectivity index (χ2v) is 17.4. The van der Waals surface area contributed by atoms with Crippen LogP contribution in [0.15, 0.2) is 71.8 Å². The van der Waals surface area contributed by atoms with Gasteiger partial charge < -0.3 is 49.4 Å². The van der Waals surface area contributed by atoms with E-state index >= 15 is 0 Å². The lowest BCUT2D eigenvalue weighted by Crippen LogP contribution is -2.79. The van der Waals surface area contributed by atoms with Gasteiger partial charge in [-0.15, -0.1) is 0 Å². The summed E-state index contributed by atoms with van der Waals surface area (Å²) < 4.78 is 29.6. The lowest BCUT2D eigenvalue weighted by atomic mass is 9.50. The van der Waals surface area contributed by atoms with E-state index in [0.717, 1.165) is 6.92 Å². The van der Waals surface area contributed by atoms with Crippen LogP contribution in [0.4, 0.5) is 4.79 Å². The number of benzene rings is 2. The fourth-order valence-corrected chi connectivity index (χ4v) is 9.32. The lowest BCUT2D eigenvalue weighted by molar-refractivity contribution is -0.337. The summed E-state index contributed by atoms with van der Waals surface area (Å²) in [4.78, 5) is 68.3. The largest absolute Gasteiger partial charge is 0.460 e. The van der Waals surface area contributed by atoms with E-state index in [9.17, 15) is 44.4 Å². The van der Waals surface area contributed by atoms with Crippen molar-refractivity contribution >= 4 is 29.8 Å². The summed E-state index contributed by atoms with van der Waals surface area (Å²) in [6.45, 7) is 13.5. The monoisotopic (exact) mass is 823 g/mol. The lowest BCUT2D eigenvalue weighted by Gasteiger charge is -2.64. The Bertz CT molecular complexity index is 1920. The van der Waals surface area contributed by atoms with Crippen molar-refractivity contribution in [3.63, 3.8) is 0 Å². The smallest absolute Gasteiger partial charge is 0.408 e. The Balaban J connectivity index is 1.63. The molecule has 0 spiro atoms. The number of ketones is 1. The topological polar surface area (TPSA) is 224 Å². The maximum Gasteiger partial charge on any atom is 0.408 e. The predicted octanol–water partition coefficient (Wildman–Crippen LogP) is 3.90. The third-order valence-electron chi connectivity index (χ3n) is 11.8. The number of carbonyl (C=O) groups excluding carboxylic acids is 5. The van der Waals surface area contributed by atoms with E-state index in [2.05, 4.69) is 5.32 Å². The van der Waals surface area contributed by atoms with E-state index in [1.54, 1.807) is 90.1 Å². The molecule has 15 nitrogen and oxygen atoms in total. The van der Waals surface area contributed by atoms with Crippen LogP contribution >= 0.6 is 0 Å². The van der Waals surface area contributed by atoms with Gasteiger partial charge in [0.2, 0.25) is 0 Å². The first kappa shape index (κ1) is 45.4. The molecule has 1 aliphatic heterocycles. The highest BCUT2D eigenvalue weighted by molar-refractivity contribution is 5.91. The van der Waals surface area contributed by atoms with Gasteiger partial charge in [-0.25, -0.2) is 14.4 Å². The first-order chi connectivity index (χ1) is 27.5. The predicted molar refractivity (Wildman–Crippen MR) is 210 cm³/mol. The zero-order valence-corrected chi connectivity index (χ0v) is 35.0. The highest BCUT2D eigenvalue weighted by atomic mass is 16.6. The summed E-state index contributed by atoms with van der Waals surface area (Å²) in [5.74, 6) is -6.10. The molecule has 0 aromatic heterocycles. The van der Waals surface area contributed by atoms with Gasteiger partial charge in [0, 0.05) is 25.7 Å². The molecule has 3 aliphatic rings. The van der Waals surface area contributed by atoms with Crippen LogP contribution in [0, 0.1) is 17.3 Å². The number of aliphatic hydroxyl groups excluding tert-OH is 3.